The summed E-state index contributed by atoms with van der Waals surface area (Å²) < 4.78 is 0. The smallest absolute Gasteiger partial charge is 0.227 e. The molecule has 0 saturated carbocycles. The summed E-state index contributed by atoms with van der Waals surface area (Å²) in [6.45, 7) is 2.60. The van der Waals surface area contributed by atoms with E-state index in [1.807, 2.05) is 37.3 Å². The van der Waals surface area contributed by atoms with E-state index in [1.54, 1.807) is 0 Å². The average molecular weight is 327 g/mol. The minimum absolute atomic E-state index is 0.00732. The van der Waals surface area contributed by atoms with Gasteiger partial charge < -0.3 is 26.5 Å². The molecule has 1 unspecified atom stereocenters. The maximum Gasteiger partial charge on any atom is 0.227 e. The second kappa shape index (κ2) is 7.14. The highest BCUT2D eigenvalue weighted by molar-refractivity contribution is 5.85. The Kier molecular flexibility index (Phi) is 4.76. The molecule has 0 amide bonds. The van der Waals surface area contributed by atoms with Gasteiger partial charge in [-0.1, -0.05) is 37.3 Å². The highest BCUT2D eigenvalue weighted by Gasteiger charge is 2.14. The number of hydrogen-bond donors (Lipinski definition) is 5. The summed E-state index contributed by atoms with van der Waals surface area (Å²) in [7, 11) is 0. The van der Waals surface area contributed by atoms with E-state index in [4.69, 9.17) is 5.73 Å². The van der Waals surface area contributed by atoms with Crippen LogP contribution in [-0.2, 0) is 6.54 Å². The van der Waals surface area contributed by atoms with Crippen molar-refractivity contribution in [3.8, 4) is 0 Å². The van der Waals surface area contributed by atoms with Gasteiger partial charge in [-0.05, 0) is 12.0 Å². The molecule has 0 aliphatic rings. The number of nitrogens with zero attached hydrogens (tertiary/aromatic N) is 3. The molecule has 0 spiro atoms. The van der Waals surface area contributed by atoms with Gasteiger partial charge in [-0.25, -0.2) is 0 Å². The number of imidazole rings is 1. The first kappa shape index (κ1) is 16.0. The molecule has 0 radical (unpaired) electrons. The van der Waals surface area contributed by atoms with Crippen LogP contribution in [0.4, 0.5) is 17.7 Å². The fourth-order valence-electron chi connectivity index (χ4n) is 2.35. The second-order valence-corrected chi connectivity index (χ2v) is 5.49. The average Bonchev–Trinajstić information content (AvgIpc) is 2.98. The third-order valence-electron chi connectivity index (χ3n) is 3.72. The van der Waals surface area contributed by atoms with Gasteiger partial charge in [0, 0.05) is 6.54 Å². The Morgan fingerprint density at radius 3 is 2.71 bits per heavy atom. The molecule has 0 saturated heterocycles. The molecule has 2 heterocycles. The van der Waals surface area contributed by atoms with Crippen LogP contribution in [0.2, 0.25) is 0 Å². The second-order valence-electron chi connectivity index (χ2n) is 5.49. The molecule has 2 aromatic heterocycles. The zero-order valence-electron chi connectivity index (χ0n) is 13.5. The standard InChI is InChI=1S/C16H21N7O/c1-2-11(9-24)19-16-22-13(12-14(23-16)21-15(17)20-12)18-8-10-6-4-3-5-7-10/h3-7,11,24H,2,8-9H2,1H3,(H5,17,18,19,20,21,22,23). The highest BCUT2D eigenvalue weighted by Crippen LogP contribution is 2.22. The number of H-pyrrole nitrogens is 1. The van der Waals surface area contributed by atoms with Crippen LogP contribution in [0.15, 0.2) is 30.3 Å². The van der Waals surface area contributed by atoms with Crippen LogP contribution >= 0.6 is 0 Å². The molecule has 0 aliphatic heterocycles. The Hall–Kier alpha value is -2.87. The summed E-state index contributed by atoms with van der Waals surface area (Å²) in [4.78, 5) is 16.0. The van der Waals surface area contributed by atoms with Gasteiger partial charge in [-0.15, -0.1) is 0 Å². The number of aliphatic hydroxyl groups is 1. The van der Waals surface area contributed by atoms with Crippen LogP contribution in [-0.4, -0.2) is 37.7 Å². The summed E-state index contributed by atoms with van der Waals surface area (Å²) >= 11 is 0. The summed E-state index contributed by atoms with van der Waals surface area (Å²) in [5.74, 6) is 1.31. The van der Waals surface area contributed by atoms with Crippen LogP contribution in [0.25, 0.3) is 11.2 Å². The highest BCUT2D eigenvalue weighted by atomic mass is 16.3. The van der Waals surface area contributed by atoms with E-state index < -0.39 is 0 Å². The van der Waals surface area contributed by atoms with Gasteiger partial charge in [0.1, 0.15) is 5.52 Å². The third kappa shape index (κ3) is 3.54. The number of anilines is 3. The monoisotopic (exact) mass is 327 g/mol. The number of fused-ring (bicyclic) bond motifs is 1. The van der Waals surface area contributed by atoms with Crippen LogP contribution < -0.4 is 16.4 Å². The molecule has 0 bridgehead atoms. The number of aromatic amines is 1. The van der Waals surface area contributed by atoms with E-state index in [0.717, 1.165) is 12.0 Å². The van der Waals surface area contributed by atoms with Crippen LogP contribution in [0, 0.1) is 0 Å². The summed E-state index contributed by atoms with van der Waals surface area (Å²) in [5, 5.41) is 15.7. The molecule has 3 aromatic rings. The maximum atomic E-state index is 9.35. The lowest BCUT2D eigenvalue weighted by molar-refractivity contribution is 0.271. The lowest BCUT2D eigenvalue weighted by Crippen LogP contribution is -2.24. The van der Waals surface area contributed by atoms with E-state index in [9.17, 15) is 5.11 Å². The zero-order valence-corrected chi connectivity index (χ0v) is 13.5. The number of rotatable bonds is 7. The van der Waals surface area contributed by atoms with Crippen molar-refractivity contribution < 1.29 is 5.11 Å². The van der Waals surface area contributed by atoms with Crippen molar-refractivity contribution in [3.05, 3.63) is 35.9 Å². The molecular formula is C16H21N7O. The van der Waals surface area contributed by atoms with Crippen molar-refractivity contribution in [2.75, 3.05) is 23.0 Å². The largest absolute Gasteiger partial charge is 0.394 e. The Balaban J connectivity index is 1.89. The Bertz CT molecular complexity index is 799. The number of nitrogens with one attached hydrogen (secondary N) is 3. The van der Waals surface area contributed by atoms with E-state index in [-0.39, 0.29) is 18.6 Å². The Labute approximate surface area is 139 Å². The van der Waals surface area contributed by atoms with Crippen LogP contribution in [0.1, 0.15) is 18.9 Å². The van der Waals surface area contributed by atoms with E-state index in [2.05, 4.69) is 30.6 Å². The fraction of sp³-hybridized carbons (Fsp3) is 0.312. The first-order valence-corrected chi connectivity index (χ1v) is 7.88. The minimum Gasteiger partial charge on any atom is -0.394 e. The fourth-order valence-corrected chi connectivity index (χ4v) is 2.35. The van der Waals surface area contributed by atoms with Crippen molar-refractivity contribution in [2.45, 2.75) is 25.9 Å². The first-order chi connectivity index (χ1) is 11.7. The Morgan fingerprint density at radius 1 is 1.21 bits per heavy atom. The molecule has 1 atom stereocenters. The van der Waals surface area contributed by atoms with Gasteiger partial charge >= 0.3 is 0 Å². The number of hydrogen-bond acceptors (Lipinski definition) is 7. The van der Waals surface area contributed by atoms with Crippen molar-refractivity contribution in [3.63, 3.8) is 0 Å². The van der Waals surface area contributed by atoms with Crippen molar-refractivity contribution in [1.29, 1.82) is 0 Å². The van der Waals surface area contributed by atoms with Crippen molar-refractivity contribution >= 4 is 28.9 Å². The number of aromatic nitrogens is 4. The number of aliphatic hydroxyl groups excluding tert-OH is 1. The molecule has 8 heteroatoms. The van der Waals surface area contributed by atoms with E-state index in [0.29, 0.717) is 29.5 Å². The summed E-state index contributed by atoms with van der Waals surface area (Å²) in [6.07, 6.45) is 0.757. The number of benzene rings is 1. The SMILES string of the molecule is CCC(CO)Nc1nc(NCc2ccccc2)c2[nH]c(N)nc2n1. The van der Waals surface area contributed by atoms with E-state index in [1.165, 1.54) is 0 Å². The molecule has 126 valence electrons. The predicted octanol–water partition coefficient (Wildman–Crippen LogP) is 1.73. The maximum absolute atomic E-state index is 9.35. The molecule has 8 nitrogen and oxygen atoms in total. The van der Waals surface area contributed by atoms with Crippen LogP contribution in [0.5, 0.6) is 0 Å². The first-order valence-electron chi connectivity index (χ1n) is 7.88. The normalized spacial score (nSPS) is 12.2. The van der Waals surface area contributed by atoms with Crippen molar-refractivity contribution in [2.24, 2.45) is 0 Å². The van der Waals surface area contributed by atoms with Gasteiger partial charge in [0.2, 0.25) is 5.95 Å². The molecule has 0 aliphatic carbocycles. The molecule has 1 aromatic carbocycles. The Morgan fingerprint density at radius 2 is 2.00 bits per heavy atom. The molecular weight excluding hydrogens is 306 g/mol. The number of nitrogens with two attached hydrogens (primary N) is 1. The van der Waals surface area contributed by atoms with Crippen molar-refractivity contribution in [1.82, 2.24) is 19.9 Å². The van der Waals surface area contributed by atoms with Gasteiger partial charge in [0.25, 0.3) is 0 Å². The predicted molar refractivity (Wildman–Crippen MR) is 94.7 cm³/mol. The van der Waals surface area contributed by atoms with Gasteiger partial charge in [0.05, 0.1) is 12.6 Å². The van der Waals surface area contributed by atoms with E-state index >= 15 is 0 Å². The molecule has 3 rings (SSSR count). The minimum atomic E-state index is -0.110. The third-order valence-corrected chi connectivity index (χ3v) is 3.72. The quantitative estimate of drug-likeness (QED) is 0.447. The lowest BCUT2D eigenvalue weighted by atomic mass is 10.2. The summed E-state index contributed by atoms with van der Waals surface area (Å²) in [6, 6.07) is 9.90. The lowest BCUT2D eigenvalue weighted by Gasteiger charge is -2.15. The zero-order chi connectivity index (χ0) is 16.9. The topological polar surface area (TPSA) is 125 Å². The van der Waals surface area contributed by atoms with Gasteiger partial charge in [-0.3, -0.25) is 0 Å². The molecule has 6 N–H and O–H groups in total. The van der Waals surface area contributed by atoms with Crippen LogP contribution in [0.3, 0.4) is 0 Å². The number of nitrogen functional groups attached to an aromatic ring is 1. The van der Waals surface area contributed by atoms with Gasteiger partial charge in [-0.2, -0.15) is 15.0 Å². The molecule has 24 heavy (non-hydrogen) atoms. The van der Waals surface area contributed by atoms with Gasteiger partial charge in [0.15, 0.2) is 17.4 Å². The molecule has 0 fully saturated rings. The summed E-state index contributed by atoms with van der Waals surface area (Å²) in [5.41, 5.74) is 8.02.